The number of alkyl halides is 1. The summed E-state index contributed by atoms with van der Waals surface area (Å²) in [6, 6.07) is 2.59. The number of amides is 1. The van der Waals surface area contributed by atoms with Crippen LogP contribution in [0.4, 0.5) is 4.79 Å². The second-order valence-electron chi connectivity index (χ2n) is 5.74. The number of aliphatic hydroxyl groups excluding tert-OH is 1. The Labute approximate surface area is 136 Å². The number of ether oxygens (including phenoxy) is 2. The maximum absolute atomic E-state index is 11.9. The first kappa shape index (κ1) is 15.8. The van der Waals surface area contributed by atoms with Gasteiger partial charge in [0.2, 0.25) is 0 Å². The van der Waals surface area contributed by atoms with Crippen LogP contribution in [-0.4, -0.2) is 45.7 Å². The molecule has 2 aromatic rings. The van der Waals surface area contributed by atoms with Crippen LogP contribution in [0.15, 0.2) is 16.8 Å². The number of aliphatic hydroxyl groups is 1. The van der Waals surface area contributed by atoms with Gasteiger partial charge in [-0.2, -0.15) is 0 Å². The minimum atomic E-state index is -0.990. The zero-order chi connectivity index (χ0) is 16.6. The quantitative estimate of drug-likeness (QED) is 0.819. The van der Waals surface area contributed by atoms with Crippen molar-refractivity contribution < 1.29 is 24.0 Å². The highest BCUT2D eigenvalue weighted by Gasteiger charge is 2.44. The van der Waals surface area contributed by atoms with Crippen LogP contribution in [0.25, 0.3) is 11.0 Å². The second kappa shape index (κ2) is 5.86. The predicted octanol–water partition coefficient (Wildman–Crippen LogP) is 1.76. The summed E-state index contributed by atoms with van der Waals surface area (Å²) in [5, 5.41) is 20.7. The molecule has 1 aliphatic heterocycles. The fraction of sp³-hybridized carbons (Fsp3) is 0.500. The largest absolute Gasteiger partial charge is 0.485 e. The minimum Gasteiger partial charge on any atom is -0.485 e. The predicted molar refractivity (Wildman–Crippen MR) is 80.5 cm³/mol. The van der Waals surface area contributed by atoms with Crippen LogP contribution >= 0.6 is 11.6 Å². The van der Waals surface area contributed by atoms with Crippen LogP contribution in [0, 0.1) is 0 Å². The van der Waals surface area contributed by atoms with Crippen molar-refractivity contribution in [2.45, 2.75) is 31.6 Å². The average molecular weight is 342 g/mol. The molecule has 9 heteroatoms. The Morgan fingerprint density at radius 2 is 2.13 bits per heavy atom. The van der Waals surface area contributed by atoms with Gasteiger partial charge < -0.3 is 19.9 Å². The van der Waals surface area contributed by atoms with Gasteiger partial charge in [0.25, 0.3) is 0 Å². The number of fused-ring (bicyclic) bond motifs is 2. The second-order valence-corrected chi connectivity index (χ2v) is 6.12. The first-order valence-corrected chi connectivity index (χ1v) is 7.58. The van der Waals surface area contributed by atoms with E-state index in [-0.39, 0.29) is 12.5 Å². The van der Waals surface area contributed by atoms with E-state index in [4.69, 9.17) is 21.1 Å². The third kappa shape index (κ3) is 2.91. The van der Waals surface area contributed by atoms with Crippen molar-refractivity contribution in [3.63, 3.8) is 0 Å². The molecule has 0 saturated carbocycles. The number of alkyl carbamates (subject to hydrolysis) is 1. The highest BCUT2D eigenvalue weighted by molar-refractivity contribution is 6.18. The lowest BCUT2D eigenvalue weighted by Crippen LogP contribution is -2.53. The molecule has 1 aliphatic rings. The number of hydrogen-bond donors (Lipinski definition) is 2. The number of halogens is 1. The van der Waals surface area contributed by atoms with E-state index in [1.807, 2.05) is 0 Å². The smallest absolute Gasteiger partial charge is 0.407 e. The van der Waals surface area contributed by atoms with Gasteiger partial charge in [-0.05, 0) is 30.2 Å². The van der Waals surface area contributed by atoms with E-state index in [2.05, 4.69) is 20.3 Å². The highest BCUT2D eigenvalue weighted by Crippen LogP contribution is 2.41. The Morgan fingerprint density at radius 3 is 2.83 bits per heavy atom. The molecule has 0 spiro atoms. The summed E-state index contributed by atoms with van der Waals surface area (Å²) < 4.78 is 15.4. The third-order valence-corrected chi connectivity index (χ3v) is 3.86. The maximum atomic E-state index is 11.9. The molecule has 0 fully saturated rings. The van der Waals surface area contributed by atoms with Gasteiger partial charge in [-0.3, -0.25) is 0 Å². The van der Waals surface area contributed by atoms with Gasteiger partial charge in [-0.15, -0.1) is 11.6 Å². The Balaban J connectivity index is 1.98. The van der Waals surface area contributed by atoms with Crippen molar-refractivity contribution in [1.82, 2.24) is 15.6 Å². The van der Waals surface area contributed by atoms with Crippen LogP contribution in [0.3, 0.4) is 0 Å². The molecule has 0 radical (unpaired) electrons. The SMILES string of the molecule is CC1(C)Oc2cc3nonc3cc2C(NC(=O)OCCCl)C1O. The van der Waals surface area contributed by atoms with Crippen LogP contribution in [0.5, 0.6) is 5.75 Å². The summed E-state index contributed by atoms with van der Waals surface area (Å²) in [5.74, 6) is 0.683. The van der Waals surface area contributed by atoms with E-state index < -0.39 is 23.8 Å². The molecular formula is C14H16ClN3O5. The molecule has 23 heavy (non-hydrogen) atoms. The number of nitrogens with zero attached hydrogens (tertiary/aromatic N) is 2. The summed E-state index contributed by atoms with van der Waals surface area (Å²) >= 11 is 5.50. The lowest BCUT2D eigenvalue weighted by Gasteiger charge is -2.41. The molecular weight excluding hydrogens is 326 g/mol. The average Bonchev–Trinajstić information content (AvgIpc) is 2.95. The van der Waals surface area contributed by atoms with Crippen molar-refractivity contribution in [2.24, 2.45) is 0 Å². The molecule has 2 atom stereocenters. The van der Waals surface area contributed by atoms with Crippen molar-refractivity contribution in [2.75, 3.05) is 12.5 Å². The van der Waals surface area contributed by atoms with Crippen LogP contribution in [0.2, 0.25) is 0 Å². The molecule has 1 aromatic carbocycles. The fourth-order valence-corrected chi connectivity index (χ4v) is 2.61. The zero-order valence-corrected chi connectivity index (χ0v) is 13.3. The van der Waals surface area contributed by atoms with Gasteiger partial charge in [0.1, 0.15) is 35.1 Å². The first-order valence-electron chi connectivity index (χ1n) is 7.05. The fourth-order valence-electron chi connectivity index (χ4n) is 2.53. The molecule has 2 heterocycles. The van der Waals surface area contributed by atoms with Gasteiger partial charge in [-0.25, -0.2) is 9.42 Å². The van der Waals surface area contributed by atoms with Crippen molar-refractivity contribution in [1.29, 1.82) is 0 Å². The summed E-state index contributed by atoms with van der Waals surface area (Å²) in [4.78, 5) is 11.9. The summed E-state index contributed by atoms with van der Waals surface area (Å²) in [7, 11) is 0. The first-order chi connectivity index (χ1) is 10.9. The molecule has 1 amide bonds. The van der Waals surface area contributed by atoms with Crippen molar-refractivity contribution in [3.05, 3.63) is 17.7 Å². The monoisotopic (exact) mass is 341 g/mol. The topological polar surface area (TPSA) is 107 Å². The Kier molecular flexibility index (Phi) is 4.03. The molecule has 124 valence electrons. The van der Waals surface area contributed by atoms with E-state index in [9.17, 15) is 9.90 Å². The normalized spacial score (nSPS) is 22.3. The van der Waals surface area contributed by atoms with Gasteiger partial charge in [0.05, 0.1) is 11.9 Å². The summed E-state index contributed by atoms with van der Waals surface area (Å²) in [6.07, 6.45) is -1.66. The van der Waals surface area contributed by atoms with Gasteiger partial charge >= 0.3 is 6.09 Å². The molecule has 3 rings (SSSR count). The van der Waals surface area contributed by atoms with Crippen LogP contribution in [0.1, 0.15) is 25.5 Å². The Hall–Kier alpha value is -2.06. The van der Waals surface area contributed by atoms with Crippen molar-refractivity contribution in [3.8, 4) is 5.75 Å². The highest BCUT2D eigenvalue weighted by atomic mass is 35.5. The van der Waals surface area contributed by atoms with E-state index >= 15 is 0 Å². The number of benzene rings is 1. The number of carbonyl (C=O) groups excluding carboxylic acids is 1. The molecule has 0 bridgehead atoms. The van der Waals surface area contributed by atoms with E-state index in [0.717, 1.165) is 0 Å². The maximum Gasteiger partial charge on any atom is 0.407 e. The zero-order valence-electron chi connectivity index (χ0n) is 12.6. The standard InChI is InChI=1S/C14H16ClN3O5/c1-14(2)12(19)11(16-13(20)21-4-3-15)7-5-8-9(18-23-17-8)6-10(7)22-14/h5-6,11-12,19H,3-4H2,1-2H3,(H,16,20). The van der Waals surface area contributed by atoms with Crippen LogP contribution in [-0.2, 0) is 4.74 Å². The number of rotatable bonds is 3. The number of carbonyl (C=O) groups is 1. The van der Waals surface area contributed by atoms with Gasteiger partial charge in [-0.1, -0.05) is 0 Å². The molecule has 0 saturated heterocycles. The molecule has 8 nitrogen and oxygen atoms in total. The Bertz CT molecular complexity index is 732. The van der Waals surface area contributed by atoms with Crippen LogP contribution < -0.4 is 10.1 Å². The van der Waals surface area contributed by atoms with E-state index in [0.29, 0.717) is 22.3 Å². The summed E-state index contributed by atoms with van der Waals surface area (Å²) in [6.45, 7) is 3.53. The van der Waals surface area contributed by atoms with Gasteiger partial charge in [0.15, 0.2) is 0 Å². The minimum absolute atomic E-state index is 0.0786. The van der Waals surface area contributed by atoms with Crippen molar-refractivity contribution >= 4 is 28.7 Å². The lowest BCUT2D eigenvalue weighted by atomic mass is 9.86. The van der Waals surface area contributed by atoms with Gasteiger partial charge in [0, 0.05) is 11.6 Å². The number of hydrogen-bond acceptors (Lipinski definition) is 7. The molecule has 2 N–H and O–H groups in total. The summed E-state index contributed by atoms with van der Waals surface area (Å²) in [5.41, 5.74) is 0.685. The molecule has 1 aromatic heterocycles. The third-order valence-electron chi connectivity index (χ3n) is 3.71. The van der Waals surface area contributed by atoms with E-state index in [1.54, 1.807) is 26.0 Å². The van der Waals surface area contributed by atoms with E-state index in [1.165, 1.54) is 0 Å². The molecule has 2 unspecified atom stereocenters. The molecule has 0 aliphatic carbocycles. The number of nitrogens with one attached hydrogen (secondary N) is 1. The number of aromatic nitrogens is 2. The lowest BCUT2D eigenvalue weighted by molar-refractivity contribution is -0.0634. The Morgan fingerprint density at radius 1 is 1.43 bits per heavy atom.